The molecule has 1 amide bonds. The normalized spacial score (nSPS) is 10.3. The molecule has 4 nitrogen and oxygen atoms in total. The van der Waals surface area contributed by atoms with Crippen molar-refractivity contribution in [3.8, 4) is 6.07 Å². The van der Waals surface area contributed by atoms with E-state index in [1.165, 1.54) is 36.1 Å². The van der Waals surface area contributed by atoms with Crippen LogP contribution in [-0.4, -0.2) is 31.4 Å². The SMILES string of the molecule is C=C(SC)C(=O)NC/C(C)=C/C#N.C=C/C=C\C(=C)C(C)(F)F.C=O. The first kappa shape index (κ1) is 27.4. The zero-order valence-electron chi connectivity index (χ0n) is 14.8. The Hall–Kier alpha value is -2.46. The van der Waals surface area contributed by atoms with Gasteiger partial charge in [-0.05, 0) is 18.8 Å². The Morgan fingerprint density at radius 3 is 2.24 bits per heavy atom. The summed E-state index contributed by atoms with van der Waals surface area (Å²) >= 11 is 1.31. The first-order valence-corrected chi connectivity index (χ1v) is 8.04. The van der Waals surface area contributed by atoms with Crippen molar-refractivity contribution < 1.29 is 18.4 Å². The lowest BCUT2D eigenvalue weighted by atomic mass is 10.1. The Balaban J connectivity index is -0.000000362. The van der Waals surface area contributed by atoms with Crippen molar-refractivity contribution in [3.05, 3.63) is 60.1 Å². The number of carbonyl (C=O) groups is 2. The fraction of sp³-hybridized carbons (Fsp3) is 0.278. The van der Waals surface area contributed by atoms with Crippen LogP contribution in [0.25, 0.3) is 0 Å². The average molecular weight is 370 g/mol. The van der Waals surface area contributed by atoms with Gasteiger partial charge in [0, 0.05) is 25.1 Å². The molecule has 0 bridgehead atoms. The summed E-state index contributed by atoms with van der Waals surface area (Å²) in [6.07, 6.45) is 7.30. The molecule has 0 atom stereocenters. The second-order valence-corrected chi connectivity index (χ2v) is 5.34. The maximum Gasteiger partial charge on any atom is 0.269 e. The van der Waals surface area contributed by atoms with Crippen molar-refractivity contribution >= 4 is 24.5 Å². The molecule has 0 fully saturated rings. The second-order valence-electron chi connectivity index (χ2n) is 4.44. The molecule has 0 saturated carbocycles. The number of rotatable bonds is 7. The maximum atomic E-state index is 12.3. The standard InChI is InChI=1S/C9H12N2OS.C8H10F2.CH2O/c1-7(4-5-10)6-11-9(12)8(2)13-3;1-4-5-6-7(2)8(3,9)10;1-2/h4H,2,6H2,1,3H3,(H,11,12);4-6H,1-2H2,3H3;1H2/b7-4+;6-5-;. The van der Waals surface area contributed by atoms with E-state index in [2.05, 4.69) is 25.1 Å². The lowest BCUT2D eigenvalue weighted by Gasteiger charge is -2.08. The summed E-state index contributed by atoms with van der Waals surface area (Å²) in [5.74, 6) is -3.00. The number of hydrogen-bond donors (Lipinski definition) is 1. The minimum absolute atomic E-state index is 0.182. The van der Waals surface area contributed by atoms with Crippen LogP contribution >= 0.6 is 11.8 Å². The van der Waals surface area contributed by atoms with Crippen LogP contribution in [-0.2, 0) is 9.59 Å². The smallest absolute Gasteiger partial charge is 0.269 e. The molecule has 0 aromatic rings. The second kappa shape index (κ2) is 16.4. The highest BCUT2D eigenvalue weighted by Gasteiger charge is 2.22. The molecule has 25 heavy (non-hydrogen) atoms. The molecule has 0 heterocycles. The monoisotopic (exact) mass is 370 g/mol. The largest absolute Gasteiger partial charge is 0.348 e. The summed E-state index contributed by atoms with van der Waals surface area (Å²) in [7, 11) is 0. The van der Waals surface area contributed by atoms with E-state index in [4.69, 9.17) is 10.1 Å². The highest BCUT2D eigenvalue weighted by Crippen LogP contribution is 2.21. The number of allylic oxidation sites excluding steroid dienone is 5. The first-order chi connectivity index (χ1) is 11.6. The van der Waals surface area contributed by atoms with Gasteiger partial charge in [0.1, 0.15) is 6.79 Å². The van der Waals surface area contributed by atoms with Gasteiger partial charge in [-0.1, -0.05) is 38.0 Å². The molecule has 0 saturated heterocycles. The number of nitriles is 1. The van der Waals surface area contributed by atoms with Crippen LogP contribution in [0.3, 0.4) is 0 Å². The quantitative estimate of drug-likeness (QED) is 0.414. The van der Waals surface area contributed by atoms with Gasteiger partial charge in [-0.2, -0.15) is 5.26 Å². The number of alkyl halides is 2. The molecule has 7 heteroatoms. The van der Waals surface area contributed by atoms with E-state index < -0.39 is 5.92 Å². The van der Waals surface area contributed by atoms with Gasteiger partial charge < -0.3 is 10.1 Å². The van der Waals surface area contributed by atoms with Gasteiger partial charge in [0.05, 0.1) is 11.0 Å². The Kier molecular flexibility index (Phi) is 18.0. The van der Waals surface area contributed by atoms with E-state index in [1.807, 2.05) is 12.9 Å². The van der Waals surface area contributed by atoms with Gasteiger partial charge in [0.2, 0.25) is 0 Å². The minimum atomic E-state index is -2.82. The zero-order valence-corrected chi connectivity index (χ0v) is 15.6. The summed E-state index contributed by atoms with van der Waals surface area (Å²) in [5, 5.41) is 10.9. The lowest BCUT2D eigenvalue weighted by Crippen LogP contribution is -2.25. The fourth-order valence-electron chi connectivity index (χ4n) is 0.903. The minimum Gasteiger partial charge on any atom is -0.348 e. The topological polar surface area (TPSA) is 70.0 Å². The van der Waals surface area contributed by atoms with Gasteiger partial charge in [0.15, 0.2) is 0 Å². The third-order valence-electron chi connectivity index (χ3n) is 2.34. The summed E-state index contributed by atoms with van der Waals surface area (Å²) in [6.45, 7) is 15.1. The number of hydrogen-bond acceptors (Lipinski definition) is 4. The summed E-state index contributed by atoms with van der Waals surface area (Å²) in [5.41, 5.74) is 0.622. The number of halogens is 2. The first-order valence-electron chi connectivity index (χ1n) is 6.81. The van der Waals surface area contributed by atoms with E-state index in [9.17, 15) is 13.6 Å². The molecule has 138 valence electrons. The van der Waals surface area contributed by atoms with Gasteiger partial charge in [-0.3, -0.25) is 4.79 Å². The molecular formula is C18H24F2N2O2S. The van der Waals surface area contributed by atoms with Crippen LogP contribution in [0, 0.1) is 11.3 Å². The molecule has 0 aromatic carbocycles. The van der Waals surface area contributed by atoms with E-state index in [1.54, 1.807) is 13.2 Å². The van der Waals surface area contributed by atoms with Gasteiger partial charge in [-0.15, -0.1) is 11.8 Å². The zero-order chi connectivity index (χ0) is 20.5. The van der Waals surface area contributed by atoms with Crippen molar-refractivity contribution in [2.45, 2.75) is 19.8 Å². The van der Waals surface area contributed by atoms with Crippen molar-refractivity contribution in [2.75, 3.05) is 12.8 Å². The van der Waals surface area contributed by atoms with E-state index in [0.717, 1.165) is 12.5 Å². The van der Waals surface area contributed by atoms with Gasteiger partial charge in [0.25, 0.3) is 11.8 Å². The van der Waals surface area contributed by atoms with Crippen LogP contribution < -0.4 is 5.32 Å². The molecule has 0 rings (SSSR count). The Morgan fingerprint density at radius 2 is 1.88 bits per heavy atom. The third-order valence-corrected chi connectivity index (χ3v) is 3.01. The van der Waals surface area contributed by atoms with E-state index >= 15 is 0 Å². The highest BCUT2D eigenvalue weighted by molar-refractivity contribution is 8.03. The van der Waals surface area contributed by atoms with Crippen molar-refractivity contribution in [1.29, 1.82) is 5.26 Å². The number of amides is 1. The molecular weight excluding hydrogens is 346 g/mol. The van der Waals surface area contributed by atoms with Crippen molar-refractivity contribution in [2.24, 2.45) is 0 Å². The number of nitrogens with one attached hydrogen (secondary N) is 1. The summed E-state index contributed by atoms with van der Waals surface area (Å²) in [6, 6.07) is 1.89. The summed E-state index contributed by atoms with van der Waals surface area (Å²) in [4.78, 5) is 19.6. The van der Waals surface area contributed by atoms with Crippen LogP contribution in [0.5, 0.6) is 0 Å². The summed E-state index contributed by atoms with van der Waals surface area (Å²) < 4.78 is 24.5. The number of carbonyl (C=O) groups excluding carboxylic acids is 2. The van der Waals surface area contributed by atoms with E-state index in [-0.39, 0.29) is 11.5 Å². The van der Waals surface area contributed by atoms with Crippen molar-refractivity contribution in [3.63, 3.8) is 0 Å². The van der Waals surface area contributed by atoms with Gasteiger partial charge in [-0.25, -0.2) is 8.78 Å². The van der Waals surface area contributed by atoms with Crippen LogP contribution in [0.1, 0.15) is 13.8 Å². The molecule has 0 aromatic heterocycles. The van der Waals surface area contributed by atoms with E-state index in [0.29, 0.717) is 11.4 Å². The molecule has 1 N–H and O–H groups in total. The Morgan fingerprint density at radius 1 is 1.36 bits per heavy atom. The molecule has 0 aliphatic rings. The predicted molar refractivity (Wildman–Crippen MR) is 101 cm³/mol. The maximum absolute atomic E-state index is 12.3. The highest BCUT2D eigenvalue weighted by atomic mass is 32.2. The molecule has 0 unspecified atom stereocenters. The van der Waals surface area contributed by atoms with Crippen LogP contribution in [0.2, 0.25) is 0 Å². The molecule has 0 aliphatic carbocycles. The predicted octanol–water partition coefficient (Wildman–Crippen LogP) is 4.20. The van der Waals surface area contributed by atoms with Gasteiger partial charge >= 0.3 is 0 Å². The average Bonchev–Trinajstić information content (AvgIpc) is 2.58. The van der Waals surface area contributed by atoms with Crippen LogP contribution in [0.4, 0.5) is 8.78 Å². The molecule has 0 spiro atoms. The fourth-order valence-corrected chi connectivity index (χ4v) is 1.16. The van der Waals surface area contributed by atoms with Crippen molar-refractivity contribution in [1.82, 2.24) is 5.32 Å². The number of nitrogens with zero attached hydrogens (tertiary/aromatic N) is 1. The third kappa shape index (κ3) is 17.7. The lowest BCUT2D eigenvalue weighted by molar-refractivity contribution is -0.116. The number of thioether (sulfide) groups is 1. The Bertz CT molecular complexity index is 556. The van der Waals surface area contributed by atoms with Crippen LogP contribution in [0.15, 0.2) is 60.1 Å². The molecule has 0 aliphatic heterocycles. The molecule has 0 radical (unpaired) electrons. The Labute approximate surface area is 152 Å².